The normalized spacial score (nSPS) is 15.9. The molecule has 0 aliphatic carbocycles. The molecule has 0 aromatic carbocycles. The van der Waals surface area contributed by atoms with Crippen LogP contribution >= 0.6 is 0 Å². The average Bonchev–Trinajstić information content (AvgIpc) is 2.30. The highest BCUT2D eigenvalue weighted by Crippen LogP contribution is 2.20. The molecule has 1 aliphatic heterocycles. The summed E-state index contributed by atoms with van der Waals surface area (Å²) in [6.45, 7) is 5.50. The molecule has 0 fully saturated rings. The zero-order chi connectivity index (χ0) is 11.8. The van der Waals surface area contributed by atoms with E-state index in [9.17, 15) is 4.79 Å². The highest BCUT2D eigenvalue weighted by Gasteiger charge is 2.19. The molecule has 1 heterocycles. The van der Waals surface area contributed by atoms with Crippen molar-refractivity contribution >= 4 is 5.97 Å². The highest BCUT2D eigenvalue weighted by molar-refractivity contribution is 5.89. The number of ether oxygens (including phenoxy) is 1. The van der Waals surface area contributed by atoms with Crippen molar-refractivity contribution in [2.24, 2.45) is 0 Å². The summed E-state index contributed by atoms with van der Waals surface area (Å²) in [6.07, 6.45) is 6.48. The minimum Gasteiger partial charge on any atom is -0.463 e. The lowest BCUT2D eigenvalue weighted by atomic mass is 10.00. The van der Waals surface area contributed by atoms with Crippen LogP contribution in [0, 0.1) is 0 Å². The second kappa shape index (κ2) is 7.31. The zero-order valence-electron chi connectivity index (χ0n) is 10.5. The van der Waals surface area contributed by atoms with E-state index < -0.39 is 0 Å². The van der Waals surface area contributed by atoms with Crippen LogP contribution in [0.4, 0.5) is 0 Å². The maximum absolute atomic E-state index is 11.7. The second-order valence-corrected chi connectivity index (χ2v) is 4.17. The Kier molecular flexibility index (Phi) is 5.98. The number of nitrogens with one attached hydrogen (secondary N) is 1. The Balaban J connectivity index is 2.59. The molecule has 0 atom stereocenters. The van der Waals surface area contributed by atoms with Gasteiger partial charge in [-0.15, -0.1) is 0 Å². The van der Waals surface area contributed by atoms with Crippen LogP contribution in [-0.2, 0) is 9.53 Å². The number of hydrogen-bond donors (Lipinski definition) is 1. The first-order chi connectivity index (χ1) is 7.79. The molecule has 1 aliphatic rings. The van der Waals surface area contributed by atoms with Gasteiger partial charge in [0.05, 0.1) is 12.2 Å². The molecular weight excluding hydrogens is 202 g/mol. The number of carbonyl (C=O) groups excluding carboxylic acids is 1. The third-order valence-electron chi connectivity index (χ3n) is 2.86. The minimum atomic E-state index is -0.124. The Hall–Kier alpha value is -0.990. The number of allylic oxidation sites excluding steroid dienone is 1. The zero-order valence-corrected chi connectivity index (χ0v) is 10.5. The molecule has 0 aromatic rings. The smallest absolute Gasteiger partial charge is 0.335 e. The first-order valence-electron chi connectivity index (χ1n) is 6.42. The fraction of sp³-hybridized carbons (Fsp3) is 0.769. The summed E-state index contributed by atoms with van der Waals surface area (Å²) >= 11 is 0. The fourth-order valence-electron chi connectivity index (χ4n) is 2.00. The third-order valence-corrected chi connectivity index (χ3v) is 2.86. The summed E-state index contributed by atoms with van der Waals surface area (Å²) < 4.78 is 5.08. The van der Waals surface area contributed by atoms with Crippen LogP contribution in [-0.4, -0.2) is 19.1 Å². The van der Waals surface area contributed by atoms with Crippen LogP contribution in [0.3, 0.4) is 0 Å². The van der Waals surface area contributed by atoms with E-state index in [1.165, 1.54) is 12.8 Å². The maximum atomic E-state index is 11.7. The molecule has 0 bridgehead atoms. The molecule has 0 saturated carbocycles. The van der Waals surface area contributed by atoms with Gasteiger partial charge in [-0.3, -0.25) is 0 Å². The fourth-order valence-corrected chi connectivity index (χ4v) is 2.00. The standard InChI is InChI=1S/C13H23NO2/c1-3-5-6-9-12-11(8-7-10-14-12)13(15)16-4-2/h14H,3-10H2,1-2H3. The molecule has 0 unspecified atom stereocenters. The number of esters is 1. The van der Waals surface area contributed by atoms with Crippen LogP contribution in [0.5, 0.6) is 0 Å². The van der Waals surface area contributed by atoms with Gasteiger partial charge in [0, 0.05) is 12.2 Å². The van der Waals surface area contributed by atoms with Crippen molar-refractivity contribution < 1.29 is 9.53 Å². The molecule has 0 saturated heterocycles. The van der Waals surface area contributed by atoms with Crippen molar-refractivity contribution in [1.82, 2.24) is 5.32 Å². The molecule has 0 spiro atoms. The first-order valence-corrected chi connectivity index (χ1v) is 6.42. The van der Waals surface area contributed by atoms with E-state index in [2.05, 4.69) is 12.2 Å². The second-order valence-electron chi connectivity index (χ2n) is 4.17. The van der Waals surface area contributed by atoms with Gasteiger partial charge in [-0.25, -0.2) is 4.79 Å². The maximum Gasteiger partial charge on any atom is 0.335 e. The predicted molar refractivity (Wildman–Crippen MR) is 65.0 cm³/mol. The van der Waals surface area contributed by atoms with E-state index in [1.54, 1.807) is 0 Å². The molecule has 3 nitrogen and oxygen atoms in total. The van der Waals surface area contributed by atoms with Crippen molar-refractivity contribution in [3.63, 3.8) is 0 Å². The Morgan fingerprint density at radius 3 is 2.88 bits per heavy atom. The topological polar surface area (TPSA) is 38.3 Å². The van der Waals surface area contributed by atoms with E-state index in [4.69, 9.17) is 4.74 Å². The molecule has 0 aromatic heterocycles. The van der Waals surface area contributed by atoms with Gasteiger partial charge in [0.15, 0.2) is 0 Å². The van der Waals surface area contributed by atoms with Gasteiger partial charge in [0.1, 0.15) is 0 Å². The van der Waals surface area contributed by atoms with E-state index in [0.717, 1.165) is 43.5 Å². The Labute approximate surface area is 98.2 Å². The molecular formula is C13H23NO2. The van der Waals surface area contributed by atoms with Crippen molar-refractivity contribution in [2.75, 3.05) is 13.2 Å². The molecule has 0 amide bonds. The minimum absolute atomic E-state index is 0.124. The summed E-state index contributed by atoms with van der Waals surface area (Å²) in [6, 6.07) is 0. The Morgan fingerprint density at radius 2 is 2.19 bits per heavy atom. The van der Waals surface area contributed by atoms with Gasteiger partial charge in [0.2, 0.25) is 0 Å². The van der Waals surface area contributed by atoms with E-state index in [0.29, 0.717) is 6.61 Å². The summed E-state index contributed by atoms with van der Waals surface area (Å²) in [5, 5.41) is 3.35. The van der Waals surface area contributed by atoms with Crippen molar-refractivity contribution in [2.45, 2.75) is 52.4 Å². The summed E-state index contributed by atoms with van der Waals surface area (Å²) in [7, 11) is 0. The third kappa shape index (κ3) is 3.87. The van der Waals surface area contributed by atoms with Crippen LogP contribution in [0.1, 0.15) is 52.4 Å². The Bertz CT molecular complexity index is 259. The molecule has 1 N–H and O–H groups in total. The molecule has 92 valence electrons. The summed E-state index contributed by atoms with van der Waals surface area (Å²) in [5.74, 6) is -0.124. The van der Waals surface area contributed by atoms with Gasteiger partial charge in [0.25, 0.3) is 0 Å². The van der Waals surface area contributed by atoms with Gasteiger partial charge >= 0.3 is 5.97 Å². The van der Waals surface area contributed by atoms with E-state index in [1.807, 2.05) is 6.92 Å². The molecule has 0 radical (unpaired) electrons. The van der Waals surface area contributed by atoms with Crippen LogP contribution in [0.2, 0.25) is 0 Å². The lowest BCUT2D eigenvalue weighted by Gasteiger charge is -2.21. The molecule has 3 heteroatoms. The lowest BCUT2D eigenvalue weighted by Crippen LogP contribution is -2.26. The van der Waals surface area contributed by atoms with Gasteiger partial charge in [-0.2, -0.15) is 0 Å². The van der Waals surface area contributed by atoms with E-state index >= 15 is 0 Å². The quantitative estimate of drug-likeness (QED) is 0.558. The van der Waals surface area contributed by atoms with Crippen molar-refractivity contribution in [3.8, 4) is 0 Å². The summed E-state index contributed by atoms with van der Waals surface area (Å²) in [5.41, 5.74) is 2.00. The average molecular weight is 225 g/mol. The SMILES string of the molecule is CCCCCC1=C(C(=O)OCC)CCCN1. The van der Waals surface area contributed by atoms with Gasteiger partial charge in [-0.05, 0) is 32.6 Å². The van der Waals surface area contributed by atoms with Gasteiger partial charge in [-0.1, -0.05) is 19.8 Å². The number of hydrogen-bond acceptors (Lipinski definition) is 3. The van der Waals surface area contributed by atoms with Crippen LogP contribution < -0.4 is 5.32 Å². The van der Waals surface area contributed by atoms with Crippen LogP contribution in [0.15, 0.2) is 11.3 Å². The van der Waals surface area contributed by atoms with Crippen LogP contribution in [0.25, 0.3) is 0 Å². The van der Waals surface area contributed by atoms with E-state index in [-0.39, 0.29) is 5.97 Å². The lowest BCUT2D eigenvalue weighted by molar-refractivity contribution is -0.138. The Morgan fingerprint density at radius 1 is 1.38 bits per heavy atom. The summed E-state index contributed by atoms with van der Waals surface area (Å²) in [4.78, 5) is 11.7. The monoisotopic (exact) mass is 225 g/mol. The van der Waals surface area contributed by atoms with Crippen molar-refractivity contribution in [1.29, 1.82) is 0 Å². The number of unbranched alkanes of at least 4 members (excludes halogenated alkanes) is 2. The van der Waals surface area contributed by atoms with Gasteiger partial charge < -0.3 is 10.1 Å². The largest absolute Gasteiger partial charge is 0.463 e. The number of carbonyl (C=O) groups is 1. The molecule has 1 rings (SSSR count). The van der Waals surface area contributed by atoms with Crippen molar-refractivity contribution in [3.05, 3.63) is 11.3 Å². The predicted octanol–water partition coefficient (Wildman–Crippen LogP) is 2.77. The highest BCUT2D eigenvalue weighted by atomic mass is 16.5. The first kappa shape index (κ1) is 13.1. The molecule has 16 heavy (non-hydrogen) atoms. The number of rotatable bonds is 6.